The molecule has 2 aliphatic rings. The van der Waals surface area contributed by atoms with Gasteiger partial charge >= 0.3 is 0 Å². The van der Waals surface area contributed by atoms with Crippen LogP contribution in [0.4, 0.5) is 15.9 Å². The molecule has 0 spiro atoms. The monoisotopic (exact) mass is 425 g/mol. The van der Waals surface area contributed by atoms with Crippen LogP contribution < -0.4 is 9.80 Å². The number of amides is 1. The Morgan fingerprint density at radius 1 is 1.23 bits per heavy atom. The Morgan fingerprint density at radius 2 is 2.13 bits per heavy atom. The molecule has 1 unspecified atom stereocenters. The molecule has 3 aromatic rings. The summed E-state index contributed by atoms with van der Waals surface area (Å²) >= 11 is 1.20. The third-order valence-corrected chi connectivity index (χ3v) is 6.72. The van der Waals surface area contributed by atoms with Crippen molar-refractivity contribution in [3.63, 3.8) is 0 Å². The van der Waals surface area contributed by atoms with Crippen molar-refractivity contribution >= 4 is 28.7 Å². The van der Waals surface area contributed by atoms with Gasteiger partial charge in [-0.15, -0.1) is 11.3 Å². The van der Waals surface area contributed by atoms with Crippen molar-refractivity contribution < 1.29 is 14.3 Å². The zero-order valence-corrected chi connectivity index (χ0v) is 17.0. The summed E-state index contributed by atoms with van der Waals surface area (Å²) in [6, 6.07) is 7.10. The predicted octanol–water partition coefficient (Wildman–Crippen LogP) is 2.76. The highest BCUT2D eigenvalue weighted by atomic mass is 32.1. The van der Waals surface area contributed by atoms with Gasteiger partial charge < -0.3 is 14.9 Å². The van der Waals surface area contributed by atoms with Gasteiger partial charge in [0.15, 0.2) is 0 Å². The molecule has 1 saturated heterocycles. The van der Waals surface area contributed by atoms with Gasteiger partial charge in [-0.05, 0) is 30.7 Å². The van der Waals surface area contributed by atoms with Crippen molar-refractivity contribution in [2.45, 2.75) is 12.8 Å². The van der Waals surface area contributed by atoms with Gasteiger partial charge in [0.25, 0.3) is 5.91 Å². The number of aliphatic hydroxyl groups is 1. The van der Waals surface area contributed by atoms with Crippen molar-refractivity contribution in [3.05, 3.63) is 53.2 Å². The zero-order valence-electron chi connectivity index (χ0n) is 16.2. The maximum Gasteiger partial charge on any atom is 0.270 e. The summed E-state index contributed by atoms with van der Waals surface area (Å²) in [5.74, 6) is 0.0362. The van der Waals surface area contributed by atoms with E-state index in [-0.39, 0.29) is 18.4 Å². The first-order valence-corrected chi connectivity index (χ1v) is 10.7. The van der Waals surface area contributed by atoms with Crippen LogP contribution in [-0.2, 0) is 6.42 Å². The molecule has 1 atom stereocenters. The first-order valence-electron chi connectivity index (χ1n) is 9.88. The molecule has 9 heteroatoms. The van der Waals surface area contributed by atoms with Gasteiger partial charge in [-0.3, -0.25) is 9.78 Å². The number of anilines is 2. The normalized spacial score (nSPS) is 18.7. The smallest absolute Gasteiger partial charge is 0.270 e. The number of aliphatic hydroxyl groups excluding tert-OH is 1. The van der Waals surface area contributed by atoms with Crippen molar-refractivity contribution in [2.75, 3.05) is 36.0 Å². The number of hydrogen-bond acceptors (Lipinski definition) is 7. The molecule has 5 heterocycles. The molecule has 1 N–H and O–H groups in total. The molecular weight excluding hydrogens is 405 g/mol. The number of fused-ring (bicyclic) bond motifs is 1. The minimum atomic E-state index is -0.595. The molecular formula is C21H20FN5O2S. The average molecular weight is 425 g/mol. The number of halogens is 1. The largest absolute Gasteiger partial charge is 0.396 e. The van der Waals surface area contributed by atoms with Gasteiger partial charge in [0, 0.05) is 44.8 Å². The topological polar surface area (TPSA) is 82.5 Å². The van der Waals surface area contributed by atoms with Gasteiger partial charge in [-0.1, -0.05) is 0 Å². The highest BCUT2D eigenvalue weighted by Gasteiger charge is 2.30. The van der Waals surface area contributed by atoms with E-state index in [1.165, 1.54) is 11.3 Å². The van der Waals surface area contributed by atoms with E-state index >= 15 is 0 Å². The molecule has 5 rings (SSSR count). The van der Waals surface area contributed by atoms with E-state index in [0.29, 0.717) is 46.5 Å². The lowest BCUT2D eigenvalue weighted by Crippen LogP contribution is -2.36. The molecule has 7 nitrogen and oxygen atoms in total. The Bertz CT molecular complexity index is 1090. The molecule has 2 aliphatic heterocycles. The van der Waals surface area contributed by atoms with Crippen molar-refractivity contribution in [3.8, 4) is 10.6 Å². The number of pyridine rings is 2. The second-order valence-corrected chi connectivity index (χ2v) is 8.50. The Labute approximate surface area is 176 Å². The molecule has 0 bridgehead atoms. The van der Waals surface area contributed by atoms with Crippen LogP contribution in [0, 0.1) is 11.9 Å². The maximum atomic E-state index is 14.8. The Morgan fingerprint density at radius 3 is 2.87 bits per heavy atom. The first-order chi connectivity index (χ1) is 14.6. The van der Waals surface area contributed by atoms with Crippen molar-refractivity contribution in [1.29, 1.82) is 0 Å². The Kier molecular flexibility index (Phi) is 4.92. The van der Waals surface area contributed by atoms with E-state index in [9.17, 15) is 14.3 Å². The lowest BCUT2D eigenvalue weighted by atomic mass is 10.1. The van der Waals surface area contributed by atoms with E-state index in [4.69, 9.17) is 0 Å². The van der Waals surface area contributed by atoms with Gasteiger partial charge in [0.2, 0.25) is 5.95 Å². The second-order valence-electron chi connectivity index (χ2n) is 7.50. The quantitative estimate of drug-likeness (QED) is 0.648. The summed E-state index contributed by atoms with van der Waals surface area (Å²) in [4.78, 5) is 29.9. The third-order valence-electron chi connectivity index (χ3n) is 5.60. The average Bonchev–Trinajstić information content (AvgIpc) is 3.42. The molecule has 1 fully saturated rings. The number of rotatable bonds is 4. The highest BCUT2D eigenvalue weighted by molar-refractivity contribution is 7.17. The minimum Gasteiger partial charge on any atom is -0.396 e. The fourth-order valence-electron chi connectivity index (χ4n) is 3.96. The SMILES string of the molecule is O=C1c2sc(-c3ccc(N4CCC(CO)C4)nc3F)nc2CCN1c1cccnc1. The van der Waals surface area contributed by atoms with Crippen molar-refractivity contribution in [1.82, 2.24) is 15.0 Å². The lowest BCUT2D eigenvalue weighted by molar-refractivity contribution is 0.0984. The highest BCUT2D eigenvalue weighted by Crippen LogP contribution is 2.35. The van der Waals surface area contributed by atoms with E-state index in [1.807, 2.05) is 11.0 Å². The van der Waals surface area contributed by atoms with Crippen LogP contribution in [0.1, 0.15) is 21.8 Å². The van der Waals surface area contributed by atoms with Crippen LogP contribution in [0.15, 0.2) is 36.7 Å². The Balaban J connectivity index is 1.41. The van der Waals surface area contributed by atoms with E-state index in [1.54, 1.807) is 35.5 Å². The first kappa shape index (κ1) is 19.1. The number of thiazole rings is 1. The number of hydrogen-bond donors (Lipinski definition) is 1. The number of carbonyl (C=O) groups excluding carboxylic acids is 1. The van der Waals surface area contributed by atoms with Crippen LogP contribution in [0.3, 0.4) is 0 Å². The summed E-state index contributed by atoms with van der Waals surface area (Å²) in [6.07, 6.45) is 4.80. The van der Waals surface area contributed by atoms with Gasteiger partial charge in [0.05, 0.1) is 23.1 Å². The number of carbonyl (C=O) groups is 1. The molecule has 154 valence electrons. The zero-order chi connectivity index (χ0) is 20.7. The molecule has 30 heavy (non-hydrogen) atoms. The summed E-state index contributed by atoms with van der Waals surface area (Å²) in [5, 5.41) is 9.77. The van der Waals surface area contributed by atoms with Gasteiger partial charge in [-0.25, -0.2) is 9.97 Å². The fraction of sp³-hybridized carbons (Fsp3) is 0.333. The maximum absolute atomic E-state index is 14.8. The fourth-order valence-corrected chi connectivity index (χ4v) is 5.03. The van der Waals surface area contributed by atoms with E-state index < -0.39 is 5.95 Å². The summed E-state index contributed by atoms with van der Waals surface area (Å²) in [6.45, 7) is 2.07. The van der Waals surface area contributed by atoms with E-state index in [0.717, 1.165) is 18.7 Å². The van der Waals surface area contributed by atoms with Crippen LogP contribution in [0.25, 0.3) is 10.6 Å². The van der Waals surface area contributed by atoms with Crippen LogP contribution in [-0.4, -0.2) is 52.2 Å². The summed E-state index contributed by atoms with van der Waals surface area (Å²) < 4.78 is 14.8. The van der Waals surface area contributed by atoms with Crippen LogP contribution in [0.2, 0.25) is 0 Å². The minimum absolute atomic E-state index is 0.131. The molecule has 0 aliphatic carbocycles. The summed E-state index contributed by atoms with van der Waals surface area (Å²) in [5.41, 5.74) is 1.75. The third kappa shape index (κ3) is 3.33. The molecule has 0 radical (unpaired) electrons. The molecule has 3 aromatic heterocycles. The molecule has 0 saturated carbocycles. The second kappa shape index (κ2) is 7.73. The van der Waals surface area contributed by atoms with Crippen LogP contribution >= 0.6 is 11.3 Å². The lowest BCUT2D eigenvalue weighted by Gasteiger charge is -2.25. The number of aromatic nitrogens is 3. The molecule has 1 amide bonds. The molecule has 0 aromatic carbocycles. The van der Waals surface area contributed by atoms with Crippen molar-refractivity contribution in [2.24, 2.45) is 5.92 Å². The number of nitrogens with zero attached hydrogens (tertiary/aromatic N) is 5. The van der Waals surface area contributed by atoms with Gasteiger partial charge in [0.1, 0.15) is 15.7 Å². The van der Waals surface area contributed by atoms with Gasteiger partial charge in [-0.2, -0.15) is 4.39 Å². The Hall–Kier alpha value is -2.91. The van der Waals surface area contributed by atoms with Crippen LogP contribution in [0.5, 0.6) is 0 Å². The standard InChI is InChI=1S/C21H20FN5O2S/c22-19-15(3-4-17(25-19)26-8-5-13(11-26)12-28)20-24-16-6-9-27(21(29)18(16)30-20)14-2-1-7-23-10-14/h1-4,7,10,13,28H,5-6,8-9,11-12H2. The predicted molar refractivity (Wildman–Crippen MR) is 112 cm³/mol. The van der Waals surface area contributed by atoms with E-state index in [2.05, 4.69) is 15.0 Å². The summed E-state index contributed by atoms with van der Waals surface area (Å²) in [7, 11) is 0.